The molecule has 0 N–H and O–H groups in total. The molecule has 0 aromatic carbocycles. The van der Waals surface area contributed by atoms with Crippen molar-refractivity contribution in [1.29, 1.82) is 0 Å². The summed E-state index contributed by atoms with van der Waals surface area (Å²) in [5.74, 6) is -0.925. The van der Waals surface area contributed by atoms with Gasteiger partial charge in [0.15, 0.2) is 0 Å². The summed E-state index contributed by atoms with van der Waals surface area (Å²) in [6.45, 7) is 4.82. The molecule has 0 aliphatic carbocycles. The topological polar surface area (TPSA) is 77.5 Å². The van der Waals surface area contributed by atoms with Gasteiger partial charge in [-0.2, -0.15) is 0 Å². The minimum atomic E-state index is -4.25. The zero-order chi connectivity index (χ0) is 10.6. The van der Waals surface area contributed by atoms with Gasteiger partial charge < -0.3 is 9.45 Å². The Labute approximate surface area is 143 Å². The fraction of sp³-hybridized carbons (Fsp3) is 0.571. The molecule has 0 aliphatic heterocycles. The number of carbonyl (C=O) groups is 1. The van der Waals surface area contributed by atoms with Crippen LogP contribution in [-0.4, -0.2) is 43.1 Å². The Hall–Kier alpha value is 1.17. The molecule has 0 bridgehead atoms. The van der Waals surface area contributed by atoms with Crippen molar-refractivity contribution in [2.45, 2.75) is 6.92 Å². The third kappa shape index (κ3) is 8.48. The first-order valence-corrected chi connectivity index (χ1v) is 5.16. The van der Waals surface area contributed by atoms with E-state index in [9.17, 15) is 17.8 Å². The Morgan fingerprint density at radius 3 is 2.21 bits per heavy atom. The molecular formula is C7H12CsNO4S. The van der Waals surface area contributed by atoms with Crippen molar-refractivity contribution in [1.82, 2.24) is 4.90 Å². The molecule has 0 atom stereocenters. The molecule has 0 heterocycles. The molecule has 14 heavy (non-hydrogen) atoms. The van der Waals surface area contributed by atoms with Crippen LogP contribution in [0.2, 0.25) is 0 Å². The Balaban J connectivity index is 0. The first kappa shape index (κ1) is 17.6. The van der Waals surface area contributed by atoms with Gasteiger partial charge in [0.25, 0.3) is 0 Å². The largest absolute Gasteiger partial charge is 1.00 e. The Kier molecular flexibility index (Phi) is 9.34. The molecule has 0 fully saturated rings. The Morgan fingerprint density at radius 2 is 1.93 bits per heavy atom. The molecule has 7 heteroatoms. The minimum Gasteiger partial charge on any atom is -0.748 e. The number of hydrogen-bond donors (Lipinski definition) is 0. The molecular weight excluding hydrogens is 327 g/mol. The van der Waals surface area contributed by atoms with E-state index >= 15 is 0 Å². The van der Waals surface area contributed by atoms with Crippen molar-refractivity contribution in [3.63, 3.8) is 0 Å². The Bertz CT molecular complexity index is 312. The SMILES string of the molecule is C=C(C)C(=O)N(C)CCS(=O)(=O)[O-].[Cs+]. The molecule has 0 radical (unpaired) electrons. The predicted molar refractivity (Wildman–Crippen MR) is 47.0 cm³/mol. The van der Waals surface area contributed by atoms with E-state index in [2.05, 4.69) is 6.58 Å². The number of nitrogens with zero attached hydrogens (tertiary/aromatic N) is 1. The second-order valence-corrected chi connectivity index (χ2v) is 4.29. The fourth-order valence-corrected chi connectivity index (χ4v) is 1.17. The van der Waals surface area contributed by atoms with Gasteiger partial charge in [-0.15, -0.1) is 0 Å². The van der Waals surface area contributed by atoms with Gasteiger partial charge in [0.1, 0.15) is 0 Å². The summed E-state index contributed by atoms with van der Waals surface area (Å²) < 4.78 is 30.6. The van der Waals surface area contributed by atoms with Crippen LogP contribution < -0.4 is 68.9 Å². The maximum atomic E-state index is 11.1. The molecule has 0 saturated carbocycles. The van der Waals surface area contributed by atoms with Crippen LogP contribution in [0.25, 0.3) is 0 Å². The van der Waals surface area contributed by atoms with Crippen LogP contribution in [0.4, 0.5) is 0 Å². The van der Waals surface area contributed by atoms with Crippen molar-refractivity contribution in [2.75, 3.05) is 19.3 Å². The molecule has 0 spiro atoms. The molecule has 0 saturated heterocycles. The monoisotopic (exact) mass is 339 g/mol. The van der Waals surface area contributed by atoms with Crippen LogP contribution in [0.3, 0.4) is 0 Å². The van der Waals surface area contributed by atoms with E-state index in [-0.39, 0.29) is 81.3 Å². The quantitative estimate of drug-likeness (QED) is 0.395. The zero-order valence-electron chi connectivity index (χ0n) is 8.61. The van der Waals surface area contributed by atoms with Crippen molar-refractivity contribution in [3.8, 4) is 0 Å². The normalized spacial score (nSPS) is 10.2. The van der Waals surface area contributed by atoms with E-state index in [1.54, 1.807) is 0 Å². The van der Waals surface area contributed by atoms with E-state index in [4.69, 9.17) is 0 Å². The summed E-state index contributed by atoms with van der Waals surface area (Å²) in [6.07, 6.45) is 0. The number of carbonyl (C=O) groups excluding carboxylic acids is 1. The molecule has 1 amide bonds. The van der Waals surface area contributed by atoms with Crippen LogP contribution in [-0.2, 0) is 14.9 Å². The van der Waals surface area contributed by atoms with Crippen LogP contribution in [0.1, 0.15) is 6.92 Å². The fourth-order valence-electron chi connectivity index (χ4n) is 0.676. The van der Waals surface area contributed by atoms with E-state index in [1.165, 1.54) is 14.0 Å². The first-order chi connectivity index (χ1) is 5.74. The third-order valence-electron chi connectivity index (χ3n) is 1.39. The average molecular weight is 339 g/mol. The Morgan fingerprint density at radius 1 is 1.50 bits per heavy atom. The second-order valence-electron chi connectivity index (χ2n) is 2.77. The van der Waals surface area contributed by atoms with Gasteiger partial charge in [-0.3, -0.25) is 4.79 Å². The van der Waals surface area contributed by atoms with Gasteiger partial charge in [0, 0.05) is 19.2 Å². The number of hydrogen-bond acceptors (Lipinski definition) is 4. The van der Waals surface area contributed by atoms with Crippen molar-refractivity contribution in [2.24, 2.45) is 0 Å². The van der Waals surface area contributed by atoms with Gasteiger partial charge >= 0.3 is 68.9 Å². The van der Waals surface area contributed by atoms with Crippen molar-refractivity contribution >= 4 is 16.0 Å². The summed E-state index contributed by atoms with van der Waals surface area (Å²) in [4.78, 5) is 12.2. The number of amides is 1. The molecule has 0 rings (SSSR count). The second kappa shape index (κ2) is 7.45. The summed E-state index contributed by atoms with van der Waals surface area (Å²) in [6, 6.07) is 0. The van der Waals surface area contributed by atoms with Gasteiger partial charge in [0.2, 0.25) is 5.91 Å². The van der Waals surface area contributed by atoms with E-state index in [0.717, 1.165) is 4.90 Å². The zero-order valence-corrected chi connectivity index (χ0v) is 15.7. The molecule has 0 aromatic rings. The maximum Gasteiger partial charge on any atom is 1.00 e. The summed E-state index contributed by atoms with van der Waals surface area (Å²) in [5, 5.41) is 0. The summed E-state index contributed by atoms with van der Waals surface area (Å²) in [5.41, 5.74) is 0.311. The molecule has 0 aliphatic rings. The van der Waals surface area contributed by atoms with Crippen molar-refractivity contribution < 1.29 is 86.7 Å². The smallest absolute Gasteiger partial charge is 0.748 e. The van der Waals surface area contributed by atoms with Crippen LogP contribution >= 0.6 is 0 Å². The number of likely N-dealkylation sites (N-methyl/N-ethyl adjacent to an activating group) is 1. The van der Waals surface area contributed by atoms with Crippen LogP contribution in [0, 0.1) is 0 Å². The average Bonchev–Trinajstić information content (AvgIpc) is 1.97. The minimum absolute atomic E-state index is 0. The van der Waals surface area contributed by atoms with Gasteiger partial charge in [-0.1, -0.05) is 6.58 Å². The predicted octanol–water partition coefficient (Wildman–Crippen LogP) is -3.43. The van der Waals surface area contributed by atoms with Crippen molar-refractivity contribution in [3.05, 3.63) is 12.2 Å². The van der Waals surface area contributed by atoms with E-state index in [1.807, 2.05) is 0 Å². The van der Waals surface area contributed by atoms with Crippen LogP contribution in [0.15, 0.2) is 12.2 Å². The van der Waals surface area contributed by atoms with Gasteiger partial charge in [-0.25, -0.2) is 8.42 Å². The molecule has 76 valence electrons. The summed E-state index contributed by atoms with van der Waals surface area (Å²) in [7, 11) is -2.83. The van der Waals surface area contributed by atoms with E-state index < -0.39 is 15.9 Å². The maximum absolute atomic E-state index is 11.1. The van der Waals surface area contributed by atoms with Crippen LogP contribution in [0.5, 0.6) is 0 Å². The molecule has 5 nitrogen and oxygen atoms in total. The number of rotatable bonds is 4. The standard InChI is InChI=1S/C7H13NO4S.Cs/c1-6(2)7(9)8(3)4-5-13(10,11)12;/h1,4-5H2,2-3H3,(H,10,11,12);/q;+1/p-1. The van der Waals surface area contributed by atoms with Gasteiger partial charge in [0.05, 0.1) is 15.9 Å². The first-order valence-electron chi connectivity index (χ1n) is 3.58. The third-order valence-corrected chi connectivity index (χ3v) is 2.07. The molecule has 0 aromatic heterocycles. The van der Waals surface area contributed by atoms with E-state index in [0.29, 0.717) is 5.57 Å². The summed E-state index contributed by atoms with van der Waals surface area (Å²) >= 11 is 0. The van der Waals surface area contributed by atoms with Gasteiger partial charge in [-0.05, 0) is 6.92 Å². The molecule has 0 unspecified atom stereocenters.